The van der Waals surface area contributed by atoms with Gasteiger partial charge in [-0.1, -0.05) is 36.4 Å². The van der Waals surface area contributed by atoms with E-state index in [0.717, 1.165) is 31.7 Å². The lowest BCUT2D eigenvalue weighted by molar-refractivity contribution is 0.357. The predicted octanol–water partition coefficient (Wildman–Crippen LogP) is 3.82. The minimum Gasteiger partial charge on any atom is -0.493 e. The van der Waals surface area contributed by atoms with E-state index in [1.807, 2.05) is 0 Å². The summed E-state index contributed by atoms with van der Waals surface area (Å²) in [6.07, 6.45) is 2.11. The maximum absolute atomic E-state index is 5.55. The van der Waals surface area contributed by atoms with Gasteiger partial charge in [0.2, 0.25) is 0 Å². The molecule has 2 aromatic rings. The predicted molar refractivity (Wildman–Crippen MR) is 86.9 cm³/mol. The van der Waals surface area contributed by atoms with Crippen LogP contribution >= 0.6 is 0 Å². The minimum atomic E-state index is 0.393. The molecule has 0 fully saturated rings. The molecule has 21 heavy (non-hydrogen) atoms. The first-order chi connectivity index (χ1) is 10.2. The van der Waals surface area contributed by atoms with Crippen LogP contribution in [0, 0.1) is 6.92 Å². The van der Waals surface area contributed by atoms with Crippen molar-refractivity contribution in [3.63, 3.8) is 0 Å². The summed E-state index contributed by atoms with van der Waals surface area (Å²) in [5, 5.41) is 3.62. The summed E-state index contributed by atoms with van der Waals surface area (Å²) in [7, 11) is 0. The average Bonchev–Trinajstić information content (AvgIpc) is 2.95. The van der Waals surface area contributed by atoms with Gasteiger partial charge in [0.05, 0.1) is 6.61 Å². The molecule has 0 saturated heterocycles. The Balaban J connectivity index is 1.55. The normalized spacial score (nSPS) is 14.6. The fourth-order valence-electron chi connectivity index (χ4n) is 3.01. The molecule has 2 aromatic carbocycles. The highest BCUT2D eigenvalue weighted by molar-refractivity contribution is 5.39. The van der Waals surface area contributed by atoms with E-state index in [-0.39, 0.29) is 0 Å². The third-order valence-corrected chi connectivity index (χ3v) is 4.27. The molecule has 0 radical (unpaired) electrons. The van der Waals surface area contributed by atoms with Crippen molar-refractivity contribution in [1.29, 1.82) is 0 Å². The molecule has 0 aliphatic carbocycles. The first-order valence-electron chi connectivity index (χ1n) is 7.77. The minimum absolute atomic E-state index is 0.393. The summed E-state index contributed by atoms with van der Waals surface area (Å²) in [6.45, 7) is 6.24. The molecule has 3 rings (SSSR count). The van der Waals surface area contributed by atoms with E-state index in [9.17, 15) is 0 Å². The topological polar surface area (TPSA) is 21.3 Å². The van der Waals surface area contributed by atoms with Crippen LogP contribution in [0.25, 0.3) is 0 Å². The Kier molecular flexibility index (Phi) is 4.26. The van der Waals surface area contributed by atoms with Crippen LogP contribution in [0.4, 0.5) is 0 Å². The van der Waals surface area contributed by atoms with E-state index < -0.39 is 0 Å². The summed E-state index contributed by atoms with van der Waals surface area (Å²) in [4.78, 5) is 0. The number of hydrogen-bond donors (Lipinski definition) is 1. The van der Waals surface area contributed by atoms with E-state index >= 15 is 0 Å². The highest BCUT2D eigenvalue weighted by atomic mass is 16.5. The number of benzene rings is 2. The van der Waals surface area contributed by atoms with Gasteiger partial charge in [0.1, 0.15) is 5.75 Å². The number of rotatable bonds is 5. The molecule has 1 aliphatic rings. The van der Waals surface area contributed by atoms with Crippen LogP contribution in [0.5, 0.6) is 5.75 Å². The molecule has 0 bridgehead atoms. The molecule has 0 spiro atoms. The van der Waals surface area contributed by atoms with E-state index in [0.29, 0.717) is 6.04 Å². The van der Waals surface area contributed by atoms with Crippen molar-refractivity contribution in [2.24, 2.45) is 0 Å². The van der Waals surface area contributed by atoms with Crippen LogP contribution in [0.3, 0.4) is 0 Å². The average molecular weight is 281 g/mol. The molecule has 1 N–H and O–H groups in total. The molecule has 0 amide bonds. The van der Waals surface area contributed by atoms with Crippen LogP contribution in [0.2, 0.25) is 0 Å². The summed E-state index contributed by atoms with van der Waals surface area (Å²) in [6, 6.07) is 15.6. The van der Waals surface area contributed by atoms with Crippen molar-refractivity contribution in [1.82, 2.24) is 5.32 Å². The SMILES string of the molecule is Cc1ccccc1[C@@H](C)NCCc1ccc2c(c1)CCO2. The molecule has 110 valence electrons. The fraction of sp³-hybridized carbons (Fsp3) is 0.368. The van der Waals surface area contributed by atoms with E-state index in [1.54, 1.807) is 0 Å². The van der Waals surface area contributed by atoms with Crippen LogP contribution in [-0.2, 0) is 12.8 Å². The maximum atomic E-state index is 5.55. The monoisotopic (exact) mass is 281 g/mol. The third kappa shape index (κ3) is 3.27. The largest absolute Gasteiger partial charge is 0.493 e. The molecule has 0 aromatic heterocycles. The molecule has 1 heterocycles. The van der Waals surface area contributed by atoms with E-state index in [4.69, 9.17) is 4.74 Å². The molecule has 0 saturated carbocycles. The lowest BCUT2D eigenvalue weighted by Crippen LogP contribution is -2.22. The third-order valence-electron chi connectivity index (χ3n) is 4.27. The zero-order chi connectivity index (χ0) is 14.7. The molecular formula is C19H23NO. The molecule has 1 atom stereocenters. The van der Waals surface area contributed by atoms with Crippen LogP contribution in [0.1, 0.15) is 35.2 Å². The Labute approximate surface area is 127 Å². The van der Waals surface area contributed by atoms with Gasteiger partial charge >= 0.3 is 0 Å². The van der Waals surface area contributed by atoms with Crippen LogP contribution in [-0.4, -0.2) is 13.2 Å². The van der Waals surface area contributed by atoms with Gasteiger partial charge in [-0.05, 0) is 55.1 Å². The van der Waals surface area contributed by atoms with Gasteiger partial charge in [-0.15, -0.1) is 0 Å². The van der Waals surface area contributed by atoms with Gasteiger partial charge in [0, 0.05) is 12.5 Å². The van der Waals surface area contributed by atoms with Gasteiger partial charge in [-0.3, -0.25) is 0 Å². The lowest BCUT2D eigenvalue weighted by Gasteiger charge is -2.16. The first kappa shape index (κ1) is 14.2. The summed E-state index contributed by atoms with van der Waals surface area (Å²) in [5.74, 6) is 1.07. The first-order valence-corrected chi connectivity index (χ1v) is 7.77. The quantitative estimate of drug-likeness (QED) is 0.899. The standard InChI is InChI=1S/C19H23NO/c1-14-5-3-4-6-18(14)15(2)20-11-9-16-7-8-19-17(13-16)10-12-21-19/h3-8,13,15,20H,9-12H2,1-2H3/t15-/m1/s1. The Hall–Kier alpha value is -1.80. The Morgan fingerprint density at radius 3 is 2.90 bits per heavy atom. The maximum Gasteiger partial charge on any atom is 0.122 e. The molecule has 0 unspecified atom stereocenters. The second-order valence-electron chi connectivity index (χ2n) is 5.82. The van der Waals surface area contributed by atoms with Gasteiger partial charge < -0.3 is 10.1 Å². The Morgan fingerprint density at radius 1 is 1.19 bits per heavy atom. The van der Waals surface area contributed by atoms with Crippen molar-refractivity contribution in [2.75, 3.05) is 13.2 Å². The molecule has 1 aliphatic heterocycles. The van der Waals surface area contributed by atoms with Crippen molar-refractivity contribution < 1.29 is 4.74 Å². The van der Waals surface area contributed by atoms with Crippen LogP contribution in [0.15, 0.2) is 42.5 Å². The fourth-order valence-corrected chi connectivity index (χ4v) is 3.01. The summed E-state index contributed by atoms with van der Waals surface area (Å²) in [5.41, 5.74) is 5.50. The van der Waals surface area contributed by atoms with Crippen molar-refractivity contribution in [3.05, 3.63) is 64.7 Å². The highest BCUT2D eigenvalue weighted by Gasteiger charge is 2.12. The second-order valence-corrected chi connectivity index (χ2v) is 5.82. The Morgan fingerprint density at radius 2 is 2.05 bits per heavy atom. The zero-order valence-corrected chi connectivity index (χ0v) is 12.9. The number of fused-ring (bicyclic) bond motifs is 1. The smallest absolute Gasteiger partial charge is 0.122 e. The molecule has 2 nitrogen and oxygen atoms in total. The number of hydrogen-bond acceptors (Lipinski definition) is 2. The summed E-state index contributed by atoms with van der Waals surface area (Å²) < 4.78 is 5.55. The summed E-state index contributed by atoms with van der Waals surface area (Å²) >= 11 is 0. The highest BCUT2D eigenvalue weighted by Crippen LogP contribution is 2.26. The van der Waals surface area contributed by atoms with E-state index in [2.05, 4.69) is 61.6 Å². The number of ether oxygens (including phenoxy) is 1. The van der Waals surface area contributed by atoms with Gasteiger partial charge in [0.15, 0.2) is 0 Å². The molecule has 2 heteroatoms. The van der Waals surface area contributed by atoms with Crippen molar-refractivity contribution in [2.45, 2.75) is 32.7 Å². The van der Waals surface area contributed by atoms with E-state index in [1.165, 1.54) is 22.3 Å². The number of aryl methyl sites for hydroxylation is 1. The lowest BCUT2D eigenvalue weighted by atomic mass is 10.0. The second kappa shape index (κ2) is 6.31. The van der Waals surface area contributed by atoms with Gasteiger partial charge in [-0.25, -0.2) is 0 Å². The Bertz CT molecular complexity index is 621. The zero-order valence-electron chi connectivity index (χ0n) is 12.9. The van der Waals surface area contributed by atoms with Crippen LogP contribution < -0.4 is 10.1 Å². The van der Waals surface area contributed by atoms with Crippen molar-refractivity contribution in [3.8, 4) is 5.75 Å². The van der Waals surface area contributed by atoms with Gasteiger partial charge in [-0.2, -0.15) is 0 Å². The van der Waals surface area contributed by atoms with Crippen molar-refractivity contribution >= 4 is 0 Å². The molecular weight excluding hydrogens is 258 g/mol. The number of nitrogens with one attached hydrogen (secondary N) is 1. The van der Waals surface area contributed by atoms with Gasteiger partial charge in [0.25, 0.3) is 0 Å².